The Bertz CT molecular complexity index is 497. The van der Waals surface area contributed by atoms with Crippen molar-refractivity contribution in [3.05, 3.63) is 35.6 Å². The standard InChI is InChI=1S/C12H12O3/c1-3-8-4-5-9-7-11(12(13)14-2)15-10(9)6-8/h4-7H,3H2,1-2H3. The summed E-state index contributed by atoms with van der Waals surface area (Å²) in [6.45, 7) is 2.07. The van der Waals surface area contributed by atoms with Gasteiger partial charge in [-0.25, -0.2) is 4.79 Å². The summed E-state index contributed by atoms with van der Waals surface area (Å²) in [5.74, 6) is -0.190. The summed E-state index contributed by atoms with van der Waals surface area (Å²) in [5.41, 5.74) is 1.92. The summed E-state index contributed by atoms with van der Waals surface area (Å²) in [7, 11) is 1.34. The third-order valence-electron chi connectivity index (χ3n) is 2.38. The second kappa shape index (κ2) is 3.77. The molecule has 3 heteroatoms. The minimum Gasteiger partial charge on any atom is -0.463 e. The molecule has 0 aliphatic rings. The molecule has 0 bridgehead atoms. The minimum absolute atomic E-state index is 0.251. The summed E-state index contributed by atoms with van der Waals surface area (Å²) < 4.78 is 9.98. The first-order valence-corrected chi connectivity index (χ1v) is 4.85. The summed E-state index contributed by atoms with van der Waals surface area (Å²) in [6.07, 6.45) is 0.949. The number of aryl methyl sites for hydroxylation is 1. The number of carbonyl (C=O) groups excluding carboxylic acids is 1. The largest absolute Gasteiger partial charge is 0.463 e. The van der Waals surface area contributed by atoms with E-state index in [2.05, 4.69) is 11.7 Å². The van der Waals surface area contributed by atoms with Crippen molar-refractivity contribution in [3.8, 4) is 0 Å². The zero-order valence-corrected chi connectivity index (χ0v) is 8.74. The first kappa shape index (κ1) is 9.77. The number of rotatable bonds is 2. The highest BCUT2D eigenvalue weighted by atomic mass is 16.5. The summed E-state index contributed by atoms with van der Waals surface area (Å²) in [4.78, 5) is 11.2. The molecule has 0 atom stereocenters. The topological polar surface area (TPSA) is 39.4 Å². The highest BCUT2D eigenvalue weighted by Gasteiger charge is 2.11. The summed E-state index contributed by atoms with van der Waals surface area (Å²) >= 11 is 0. The van der Waals surface area contributed by atoms with Gasteiger partial charge in [-0.05, 0) is 24.1 Å². The number of furan rings is 1. The zero-order chi connectivity index (χ0) is 10.8. The van der Waals surface area contributed by atoms with Gasteiger partial charge in [0.15, 0.2) is 0 Å². The molecule has 0 N–H and O–H groups in total. The maximum atomic E-state index is 11.2. The number of esters is 1. The van der Waals surface area contributed by atoms with Gasteiger partial charge in [0.05, 0.1) is 7.11 Å². The molecule has 0 saturated heterocycles. The van der Waals surface area contributed by atoms with Crippen LogP contribution >= 0.6 is 0 Å². The molecule has 78 valence electrons. The first-order valence-electron chi connectivity index (χ1n) is 4.85. The van der Waals surface area contributed by atoms with Crippen LogP contribution in [0.3, 0.4) is 0 Å². The highest BCUT2D eigenvalue weighted by molar-refractivity contribution is 5.92. The zero-order valence-electron chi connectivity index (χ0n) is 8.74. The second-order valence-corrected chi connectivity index (χ2v) is 3.33. The average Bonchev–Trinajstić information content (AvgIpc) is 2.70. The Balaban J connectivity index is 2.51. The fraction of sp³-hybridized carbons (Fsp3) is 0.250. The van der Waals surface area contributed by atoms with Gasteiger partial charge in [0, 0.05) is 5.39 Å². The van der Waals surface area contributed by atoms with Crippen molar-refractivity contribution < 1.29 is 13.9 Å². The molecular formula is C12H12O3. The van der Waals surface area contributed by atoms with Crippen LogP contribution in [0.2, 0.25) is 0 Å². The van der Waals surface area contributed by atoms with E-state index in [-0.39, 0.29) is 5.76 Å². The lowest BCUT2D eigenvalue weighted by molar-refractivity contribution is 0.0567. The van der Waals surface area contributed by atoms with Crippen molar-refractivity contribution in [1.29, 1.82) is 0 Å². The predicted molar refractivity (Wildman–Crippen MR) is 56.9 cm³/mol. The fourth-order valence-electron chi connectivity index (χ4n) is 1.50. The predicted octanol–water partition coefficient (Wildman–Crippen LogP) is 2.78. The van der Waals surface area contributed by atoms with Crippen LogP contribution in [0.25, 0.3) is 11.0 Å². The number of carbonyl (C=O) groups is 1. The van der Waals surface area contributed by atoms with Crippen LogP contribution in [0.4, 0.5) is 0 Å². The van der Waals surface area contributed by atoms with Crippen molar-refractivity contribution in [2.45, 2.75) is 13.3 Å². The average molecular weight is 204 g/mol. The molecule has 0 saturated carbocycles. The Kier molecular flexibility index (Phi) is 2.46. The van der Waals surface area contributed by atoms with Gasteiger partial charge in [-0.1, -0.05) is 19.1 Å². The van der Waals surface area contributed by atoms with E-state index in [1.165, 1.54) is 12.7 Å². The summed E-state index contributed by atoms with van der Waals surface area (Å²) in [6, 6.07) is 7.62. The molecule has 1 aromatic carbocycles. The molecule has 0 amide bonds. The quantitative estimate of drug-likeness (QED) is 0.706. The van der Waals surface area contributed by atoms with Crippen molar-refractivity contribution in [2.24, 2.45) is 0 Å². The van der Waals surface area contributed by atoms with Gasteiger partial charge in [0.1, 0.15) is 5.58 Å². The van der Waals surface area contributed by atoms with Crippen molar-refractivity contribution in [2.75, 3.05) is 7.11 Å². The fourth-order valence-corrected chi connectivity index (χ4v) is 1.50. The number of ether oxygens (including phenoxy) is 1. The number of benzene rings is 1. The molecule has 1 heterocycles. The van der Waals surface area contributed by atoms with E-state index in [4.69, 9.17) is 4.42 Å². The first-order chi connectivity index (χ1) is 7.24. The molecule has 0 unspecified atom stereocenters. The SMILES string of the molecule is CCc1ccc2cc(C(=O)OC)oc2c1. The second-order valence-electron chi connectivity index (χ2n) is 3.33. The van der Waals surface area contributed by atoms with Crippen LogP contribution in [0.15, 0.2) is 28.7 Å². The van der Waals surface area contributed by atoms with Crippen LogP contribution in [0.5, 0.6) is 0 Å². The van der Waals surface area contributed by atoms with E-state index in [0.717, 1.165) is 17.4 Å². The van der Waals surface area contributed by atoms with Crippen molar-refractivity contribution >= 4 is 16.9 Å². The van der Waals surface area contributed by atoms with E-state index >= 15 is 0 Å². The maximum Gasteiger partial charge on any atom is 0.373 e. The lowest BCUT2D eigenvalue weighted by Crippen LogP contribution is -1.97. The van der Waals surface area contributed by atoms with Crippen LogP contribution in [0.1, 0.15) is 23.0 Å². The number of methoxy groups -OCH3 is 1. The van der Waals surface area contributed by atoms with Crippen LogP contribution < -0.4 is 0 Å². The van der Waals surface area contributed by atoms with Crippen LogP contribution in [-0.2, 0) is 11.2 Å². The third-order valence-corrected chi connectivity index (χ3v) is 2.38. The molecule has 3 nitrogen and oxygen atoms in total. The lowest BCUT2D eigenvalue weighted by atomic mass is 10.1. The van der Waals surface area contributed by atoms with Crippen LogP contribution in [0, 0.1) is 0 Å². The van der Waals surface area contributed by atoms with E-state index in [0.29, 0.717) is 0 Å². The molecule has 0 aliphatic heterocycles. The molecule has 1 aromatic heterocycles. The molecule has 2 rings (SSSR count). The Morgan fingerprint density at radius 3 is 2.87 bits per heavy atom. The van der Waals surface area contributed by atoms with E-state index in [1.807, 2.05) is 18.2 Å². The molecule has 15 heavy (non-hydrogen) atoms. The normalized spacial score (nSPS) is 10.5. The monoisotopic (exact) mass is 204 g/mol. The van der Waals surface area contributed by atoms with Gasteiger partial charge in [-0.15, -0.1) is 0 Å². The van der Waals surface area contributed by atoms with E-state index in [1.54, 1.807) is 6.07 Å². The van der Waals surface area contributed by atoms with Gasteiger partial charge in [-0.2, -0.15) is 0 Å². The Morgan fingerprint density at radius 1 is 1.40 bits per heavy atom. The van der Waals surface area contributed by atoms with Crippen LogP contribution in [-0.4, -0.2) is 13.1 Å². The van der Waals surface area contributed by atoms with Gasteiger partial charge >= 0.3 is 5.97 Å². The Hall–Kier alpha value is -1.77. The molecule has 0 aliphatic carbocycles. The van der Waals surface area contributed by atoms with Crippen molar-refractivity contribution in [1.82, 2.24) is 0 Å². The number of hydrogen-bond acceptors (Lipinski definition) is 3. The third kappa shape index (κ3) is 1.73. The summed E-state index contributed by atoms with van der Waals surface area (Å²) in [5, 5.41) is 0.924. The van der Waals surface area contributed by atoms with Crippen molar-refractivity contribution in [3.63, 3.8) is 0 Å². The van der Waals surface area contributed by atoms with Gasteiger partial charge in [-0.3, -0.25) is 0 Å². The molecular weight excluding hydrogens is 192 g/mol. The van der Waals surface area contributed by atoms with Gasteiger partial charge in [0.2, 0.25) is 5.76 Å². The van der Waals surface area contributed by atoms with E-state index < -0.39 is 5.97 Å². The number of fused-ring (bicyclic) bond motifs is 1. The molecule has 0 spiro atoms. The molecule has 2 aromatic rings. The Morgan fingerprint density at radius 2 is 2.20 bits per heavy atom. The number of hydrogen-bond donors (Lipinski definition) is 0. The maximum absolute atomic E-state index is 11.2. The molecule has 0 fully saturated rings. The minimum atomic E-state index is -0.441. The molecule has 0 radical (unpaired) electrons. The van der Waals surface area contributed by atoms with E-state index in [9.17, 15) is 4.79 Å². The highest BCUT2D eigenvalue weighted by Crippen LogP contribution is 2.21. The lowest BCUT2D eigenvalue weighted by Gasteiger charge is -1.94. The van der Waals surface area contributed by atoms with Gasteiger partial charge < -0.3 is 9.15 Å². The van der Waals surface area contributed by atoms with Gasteiger partial charge in [0.25, 0.3) is 0 Å². The Labute approximate surface area is 87.6 Å². The smallest absolute Gasteiger partial charge is 0.373 e.